The third-order valence-corrected chi connectivity index (χ3v) is 6.95. The van der Waals surface area contributed by atoms with Crippen LogP contribution in [-0.4, -0.2) is 38.9 Å². The van der Waals surface area contributed by atoms with Crippen LogP contribution in [0.3, 0.4) is 0 Å². The fourth-order valence-electron chi connectivity index (χ4n) is 3.49. The fraction of sp³-hybridized carbons (Fsp3) is 0.174. The Bertz CT molecular complexity index is 1280. The Kier molecular flexibility index (Phi) is 4.98. The van der Waals surface area contributed by atoms with Gasteiger partial charge in [-0.2, -0.15) is 0 Å². The van der Waals surface area contributed by atoms with Gasteiger partial charge in [-0.3, -0.25) is 4.98 Å². The monoisotopic (exact) mass is 405 g/mol. The van der Waals surface area contributed by atoms with Gasteiger partial charge in [0.1, 0.15) is 0 Å². The van der Waals surface area contributed by atoms with Crippen LogP contribution in [0.5, 0.6) is 0 Å². The van der Waals surface area contributed by atoms with Gasteiger partial charge < -0.3 is 4.90 Å². The number of pyridine rings is 1. The minimum atomic E-state index is -3.41. The molecule has 3 aromatic carbocycles. The highest BCUT2D eigenvalue weighted by Crippen LogP contribution is 2.29. The Morgan fingerprint density at radius 1 is 0.862 bits per heavy atom. The van der Waals surface area contributed by atoms with E-state index in [0.717, 1.165) is 22.2 Å². The van der Waals surface area contributed by atoms with E-state index in [4.69, 9.17) is 0 Å². The lowest BCUT2D eigenvalue weighted by atomic mass is 10.1. The van der Waals surface area contributed by atoms with Crippen molar-refractivity contribution in [3.63, 3.8) is 0 Å². The van der Waals surface area contributed by atoms with Crippen LogP contribution in [0, 0.1) is 0 Å². The zero-order valence-corrected chi connectivity index (χ0v) is 17.5. The van der Waals surface area contributed by atoms with E-state index in [-0.39, 0.29) is 0 Å². The maximum atomic E-state index is 12.2. The molecule has 0 amide bonds. The first-order valence-electron chi connectivity index (χ1n) is 9.36. The summed E-state index contributed by atoms with van der Waals surface area (Å²) >= 11 is 0. The number of hydrogen-bond acceptors (Lipinski definition) is 4. The maximum absolute atomic E-state index is 12.2. The molecule has 4 rings (SSSR count). The number of hydrogen-bond donors (Lipinski definition) is 0. The van der Waals surface area contributed by atoms with E-state index in [0.29, 0.717) is 11.4 Å². The molecule has 0 radical (unpaired) electrons. The number of fused-ring (bicyclic) bond motifs is 2. The largest absolute Gasteiger partial charge is 0.370 e. The van der Waals surface area contributed by atoms with Crippen LogP contribution in [0.1, 0.15) is 5.56 Å². The lowest BCUT2D eigenvalue weighted by Gasteiger charge is -2.21. The molecular formula is C23H23N3O2S. The average molecular weight is 406 g/mol. The van der Waals surface area contributed by atoms with Crippen LogP contribution >= 0.6 is 0 Å². The summed E-state index contributed by atoms with van der Waals surface area (Å²) in [6.07, 6.45) is 1.83. The molecule has 0 bridgehead atoms. The number of anilines is 1. The number of nitrogens with zero attached hydrogens (tertiary/aromatic N) is 3. The standard InChI is InChI=1S/C23H23N3O2S/c1-25(2)29(27,28)20-10-8-17(9-11-20)16-26(3)23-12-13-24-22-15-19-7-5-4-6-18(19)14-21(22)23/h4-15H,16H2,1-3H3. The summed E-state index contributed by atoms with van der Waals surface area (Å²) < 4.78 is 25.7. The van der Waals surface area contributed by atoms with E-state index >= 15 is 0 Å². The summed E-state index contributed by atoms with van der Waals surface area (Å²) in [5, 5.41) is 3.45. The molecule has 6 heteroatoms. The lowest BCUT2D eigenvalue weighted by Crippen LogP contribution is -2.22. The highest BCUT2D eigenvalue weighted by molar-refractivity contribution is 7.89. The van der Waals surface area contributed by atoms with Crippen LogP contribution in [-0.2, 0) is 16.6 Å². The van der Waals surface area contributed by atoms with Gasteiger partial charge in [-0.15, -0.1) is 0 Å². The van der Waals surface area contributed by atoms with Crippen LogP contribution in [0.15, 0.2) is 77.8 Å². The summed E-state index contributed by atoms with van der Waals surface area (Å²) in [7, 11) is 1.70. The van der Waals surface area contributed by atoms with Crippen molar-refractivity contribution in [3.05, 3.63) is 78.5 Å². The third kappa shape index (κ3) is 3.69. The van der Waals surface area contributed by atoms with Crippen molar-refractivity contribution in [1.82, 2.24) is 9.29 Å². The topological polar surface area (TPSA) is 53.5 Å². The fourth-order valence-corrected chi connectivity index (χ4v) is 4.39. The summed E-state index contributed by atoms with van der Waals surface area (Å²) in [6, 6.07) is 21.6. The van der Waals surface area contributed by atoms with Crippen molar-refractivity contribution in [2.45, 2.75) is 11.4 Å². The molecule has 0 spiro atoms. The van der Waals surface area contributed by atoms with E-state index in [9.17, 15) is 8.42 Å². The second kappa shape index (κ2) is 7.46. The zero-order valence-electron chi connectivity index (χ0n) is 16.7. The first-order valence-corrected chi connectivity index (χ1v) is 10.8. The molecule has 1 aromatic heterocycles. The minimum absolute atomic E-state index is 0.301. The van der Waals surface area contributed by atoms with Crippen molar-refractivity contribution < 1.29 is 8.42 Å². The number of benzene rings is 3. The molecule has 0 aliphatic rings. The van der Waals surface area contributed by atoms with E-state index in [1.165, 1.54) is 29.2 Å². The van der Waals surface area contributed by atoms with E-state index in [2.05, 4.69) is 34.1 Å². The normalized spacial score (nSPS) is 12.0. The molecule has 0 saturated carbocycles. The molecule has 4 aromatic rings. The number of aromatic nitrogens is 1. The predicted octanol–water partition coefficient (Wildman–Crippen LogP) is 4.27. The van der Waals surface area contributed by atoms with Crippen LogP contribution in [0.25, 0.3) is 21.7 Å². The molecule has 0 aliphatic carbocycles. The Morgan fingerprint density at radius 3 is 2.17 bits per heavy atom. The average Bonchev–Trinajstić information content (AvgIpc) is 2.72. The molecule has 1 heterocycles. The van der Waals surface area contributed by atoms with Gasteiger partial charge in [0.15, 0.2) is 0 Å². The molecule has 0 saturated heterocycles. The highest BCUT2D eigenvalue weighted by Gasteiger charge is 2.17. The second-order valence-electron chi connectivity index (χ2n) is 7.33. The first-order chi connectivity index (χ1) is 13.9. The Balaban J connectivity index is 1.66. The molecule has 148 valence electrons. The van der Waals surface area contributed by atoms with Crippen molar-refractivity contribution in [2.24, 2.45) is 0 Å². The number of rotatable bonds is 5. The van der Waals surface area contributed by atoms with Gasteiger partial charge in [-0.05, 0) is 46.7 Å². The van der Waals surface area contributed by atoms with Crippen LogP contribution in [0.4, 0.5) is 5.69 Å². The predicted molar refractivity (Wildman–Crippen MR) is 119 cm³/mol. The van der Waals surface area contributed by atoms with E-state index in [1.807, 2.05) is 43.6 Å². The van der Waals surface area contributed by atoms with Gasteiger partial charge in [-0.1, -0.05) is 36.4 Å². The van der Waals surface area contributed by atoms with Crippen molar-refractivity contribution in [2.75, 3.05) is 26.0 Å². The minimum Gasteiger partial charge on any atom is -0.370 e. The molecule has 0 fully saturated rings. The highest BCUT2D eigenvalue weighted by atomic mass is 32.2. The second-order valence-corrected chi connectivity index (χ2v) is 9.49. The third-order valence-electron chi connectivity index (χ3n) is 5.12. The Morgan fingerprint density at radius 2 is 1.52 bits per heavy atom. The van der Waals surface area contributed by atoms with Crippen molar-refractivity contribution in [1.29, 1.82) is 0 Å². The molecule has 5 nitrogen and oxygen atoms in total. The van der Waals surface area contributed by atoms with Gasteiger partial charge in [0.25, 0.3) is 0 Å². The molecule has 0 atom stereocenters. The van der Waals surface area contributed by atoms with Crippen LogP contribution in [0.2, 0.25) is 0 Å². The summed E-state index contributed by atoms with van der Waals surface area (Å²) in [4.78, 5) is 7.00. The molecule has 29 heavy (non-hydrogen) atoms. The SMILES string of the molecule is CN(Cc1ccc(S(=O)(=O)N(C)C)cc1)c1ccnc2cc3ccccc3cc12. The number of sulfonamides is 1. The van der Waals surface area contributed by atoms with Gasteiger partial charge in [0.2, 0.25) is 10.0 Å². The van der Waals surface area contributed by atoms with Crippen LogP contribution < -0.4 is 4.90 Å². The summed E-state index contributed by atoms with van der Waals surface area (Å²) in [6.45, 7) is 0.661. The Hall–Kier alpha value is -2.96. The van der Waals surface area contributed by atoms with Crippen molar-refractivity contribution >= 4 is 37.4 Å². The quantitative estimate of drug-likeness (QED) is 0.465. The van der Waals surface area contributed by atoms with E-state index < -0.39 is 10.0 Å². The van der Waals surface area contributed by atoms with Gasteiger partial charge in [0.05, 0.1) is 10.4 Å². The van der Waals surface area contributed by atoms with Gasteiger partial charge in [0, 0.05) is 45.0 Å². The molecule has 0 aliphatic heterocycles. The smallest absolute Gasteiger partial charge is 0.242 e. The van der Waals surface area contributed by atoms with Crippen molar-refractivity contribution in [3.8, 4) is 0 Å². The zero-order chi connectivity index (χ0) is 20.6. The maximum Gasteiger partial charge on any atom is 0.242 e. The van der Waals surface area contributed by atoms with Gasteiger partial charge in [-0.25, -0.2) is 12.7 Å². The molecular weight excluding hydrogens is 382 g/mol. The summed E-state index contributed by atoms with van der Waals surface area (Å²) in [5.41, 5.74) is 3.09. The first kappa shape index (κ1) is 19.4. The van der Waals surface area contributed by atoms with Gasteiger partial charge >= 0.3 is 0 Å². The molecule has 0 N–H and O–H groups in total. The summed E-state index contributed by atoms with van der Waals surface area (Å²) in [5.74, 6) is 0. The lowest BCUT2D eigenvalue weighted by molar-refractivity contribution is 0.520. The molecule has 0 unspecified atom stereocenters. The van der Waals surface area contributed by atoms with E-state index in [1.54, 1.807) is 12.1 Å². The Labute approximate surface area is 171 Å².